The molecule has 2 aromatic rings. The van der Waals surface area contributed by atoms with Crippen molar-refractivity contribution in [3.8, 4) is 0 Å². The maximum atomic E-state index is 10.0. The van der Waals surface area contributed by atoms with E-state index in [4.69, 9.17) is 0 Å². The molecule has 0 saturated heterocycles. The number of pyridine rings is 1. The summed E-state index contributed by atoms with van der Waals surface area (Å²) in [6.07, 6.45) is 4.88. The van der Waals surface area contributed by atoms with Crippen molar-refractivity contribution in [3.05, 3.63) is 29.1 Å². The predicted molar refractivity (Wildman–Crippen MR) is 50.7 cm³/mol. The topological polar surface area (TPSA) is 46.7 Å². The van der Waals surface area contributed by atoms with Crippen molar-refractivity contribution in [1.29, 1.82) is 0 Å². The molecule has 0 fully saturated rings. The van der Waals surface area contributed by atoms with Gasteiger partial charge in [-0.25, -0.2) is 9.78 Å². The van der Waals surface area contributed by atoms with E-state index in [-0.39, 0.29) is 0 Å². The lowest BCUT2D eigenvalue weighted by molar-refractivity contribution is 0.565. The normalized spacial score (nSPS) is 9.92. The van der Waals surface area contributed by atoms with E-state index in [1.807, 2.05) is 0 Å². The van der Waals surface area contributed by atoms with Crippen molar-refractivity contribution >= 4 is 33.3 Å². The first-order valence-corrected chi connectivity index (χ1v) is 4.31. The van der Waals surface area contributed by atoms with E-state index >= 15 is 0 Å². The smallest absolute Gasteiger partial charge is 0.240 e. The second kappa shape index (κ2) is 3.12. The number of isocyanates is 1. The van der Waals surface area contributed by atoms with Crippen LogP contribution in [0.4, 0.5) is 5.69 Å². The molecule has 13 heavy (non-hydrogen) atoms. The van der Waals surface area contributed by atoms with Gasteiger partial charge in [-0.3, -0.25) is 4.40 Å². The molecular formula is C8H4BrN3O. The molecule has 0 spiro atoms. The van der Waals surface area contributed by atoms with Gasteiger partial charge < -0.3 is 0 Å². The molecule has 0 amide bonds. The first-order valence-electron chi connectivity index (χ1n) is 3.52. The van der Waals surface area contributed by atoms with E-state index in [0.29, 0.717) is 5.69 Å². The Bertz CT molecular complexity index is 499. The fraction of sp³-hybridized carbons (Fsp3) is 0. The van der Waals surface area contributed by atoms with Gasteiger partial charge in [-0.05, 0) is 28.1 Å². The molecule has 0 aliphatic heterocycles. The van der Waals surface area contributed by atoms with Crippen LogP contribution in [0.25, 0.3) is 5.65 Å². The maximum absolute atomic E-state index is 10.0. The fourth-order valence-electron chi connectivity index (χ4n) is 1.06. The number of fused-ring (bicyclic) bond motifs is 1. The second-order valence-electron chi connectivity index (χ2n) is 2.40. The van der Waals surface area contributed by atoms with Gasteiger partial charge in [-0.1, -0.05) is 0 Å². The van der Waals surface area contributed by atoms with Gasteiger partial charge in [0.2, 0.25) is 6.08 Å². The third-order valence-corrected chi connectivity index (χ3v) is 2.21. The number of carbonyl (C=O) groups excluding carboxylic acids is 1. The zero-order chi connectivity index (χ0) is 9.26. The molecule has 0 radical (unpaired) electrons. The Kier molecular flexibility index (Phi) is 1.96. The molecule has 64 valence electrons. The van der Waals surface area contributed by atoms with Crippen LogP contribution in [0.1, 0.15) is 0 Å². The minimum Gasteiger partial charge on any atom is -0.292 e. The molecule has 0 bridgehead atoms. The van der Waals surface area contributed by atoms with Gasteiger partial charge in [0, 0.05) is 6.20 Å². The highest BCUT2D eigenvalue weighted by molar-refractivity contribution is 9.10. The first-order chi connectivity index (χ1) is 6.31. The van der Waals surface area contributed by atoms with E-state index in [1.54, 1.807) is 28.9 Å². The molecule has 2 rings (SSSR count). The Balaban J connectivity index is 2.72. The third-order valence-electron chi connectivity index (χ3n) is 1.62. The minimum absolute atomic E-state index is 0.557. The summed E-state index contributed by atoms with van der Waals surface area (Å²) in [5.74, 6) is 0. The standard InChI is InChI=1S/C8H4BrN3O/c9-7-3-10-8-2-1-6(11-5-13)4-12(7)8/h1-4H. The first kappa shape index (κ1) is 8.16. The molecule has 0 N–H and O–H groups in total. The van der Waals surface area contributed by atoms with Crippen molar-refractivity contribution in [2.45, 2.75) is 0 Å². The zero-order valence-electron chi connectivity index (χ0n) is 6.44. The second-order valence-corrected chi connectivity index (χ2v) is 3.21. The van der Waals surface area contributed by atoms with Gasteiger partial charge in [-0.15, -0.1) is 0 Å². The van der Waals surface area contributed by atoms with Crippen LogP contribution < -0.4 is 0 Å². The number of aromatic nitrogens is 2. The Labute approximate surface area is 82.1 Å². The van der Waals surface area contributed by atoms with Crippen LogP contribution >= 0.6 is 15.9 Å². The summed E-state index contributed by atoms with van der Waals surface area (Å²) >= 11 is 3.31. The number of halogens is 1. The Morgan fingerprint density at radius 3 is 3.15 bits per heavy atom. The summed E-state index contributed by atoms with van der Waals surface area (Å²) in [4.78, 5) is 17.6. The monoisotopic (exact) mass is 237 g/mol. The molecule has 2 heterocycles. The molecule has 5 heteroatoms. The van der Waals surface area contributed by atoms with Crippen LogP contribution in [0.3, 0.4) is 0 Å². The SMILES string of the molecule is O=C=Nc1ccc2ncc(Br)n2c1. The zero-order valence-corrected chi connectivity index (χ0v) is 8.02. The van der Waals surface area contributed by atoms with E-state index in [1.165, 1.54) is 6.08 Å². The van der Waals surface area contributed by atoms with E-state index in [0.717, 1.165) is 10.3 Å². The highest BCUT2D eigenvalue weighted by atomic mass is 79.9. The number of hydrogen-bond acceptors (Lipinski definition) is 3. The largest absolute Gasteiger partial charge is 0.292 e. The van der Waals surface area contributed by atoms with Crippen molar-refractivity contribution in [2.75, 3.05) is 0 Å². The van der Waals surface area contributed by atoms with E-state index in [2.05, 4.69) is 25.9 Å². The Morgan fingerprint density at radius 1 is 1.54 bits per heavy atom. The molecule has 0 aliphatic carbocycles. The van der Waals surface area contributed by atoms with E-state index < -0.39 is 0 Å². The van der Waals surface area contributed by atoms with Crippen LogP contribution in [0, 0.1) is 0 Å². The highest BCUT2D eigenvalue weighted by Crippen LogP contribution is 2.17. The van der Waals surface area contributed by atoms with Crippen molar-refractivity contribution in [3.63, 3.8) is 0 Å². The Morgan fingerprint density at radius 2 is 2.38 bits per heavy atom. The summed E-state index contributed by atoms with van der Waals surface area (Å²) in [6, 6.07) is 3.49. The summed E-state index contributed by atoms with van der Waals surface area (Å²) in [5.41, 5.74) is 1.36. The van der Waals surface area contributed by atoms with Gasteiger partial charge >= 0.3 is 0 Å². The van der Waals surface area contributed by atoms with Gasteiger partial charge in [0.15, 0.2) is 0 Å². The third kappa shape index (κ3) is 1.39. The van der Waals surface area contributed by atoms with Gasteiger partial charge in [0.1, 0.15) is 10.3 Å². The summed E-state index contributed by atoms with van der Waals surface area (Å²) < 4.78 is 2.61. The lowest BCUT2D eigenvalue weighted by Crippen LogP contribution is -1.82. The maximum Gasteiger partial charge on any atom is 0.240 e. The van der Waals surface area contributed by atoms with Crippen LogP contribution in [0.5, 0.6) is 0 Å². The minimum atomic E-state index is 0.557. The summed E-state index contributed by atoms with van der Waals surface area (Å²) in [5, 5.41) is 0. The molecule has 2 aromatic heterocycles. The molecular weight excluding hydrogens is 234 g/mol. The lowest BCUT2D eigenvalue weighted by atomic mass is 10.4. The number of imidazole rings is 1. The molecule has 0 unspecified atom stereocenters. The van der Waals surface area contributed by atoms with Crippen LogP contribution in [0.15, 0.2) is 34.1 Å². The Hall–Kier alpha value is -1.45. The van der Waals surface area contributed by atoms with Crippen molar-refractivity contribution in [2.24, 2.45) is 4.99 Å². The number of nitrogens with zero attached hydrogens (tertiary/aromatic N) is 3. The molecule has 0 aliphatic rings. The van der Waals surface area contributed by atoms with Gasteiger partial charge in [0.25, 0.3) is 0 Å². The van der Waals surface area contributed by atoms with Gasteiger partial charge in [0.05, 0.1) is 11.9 Å². The number of aliphatic imine (C=N–C) groups is 1. The molecule has 0 aromatic carbocycles. The van der Waals surface area contributed by atoms with Crippen LogP contribution in [-0.4, -0.2) is 15.5 Å². The quantitative estimate of drug-likeness (QED) is 0.563. The predicted octanol–water partition coefficient (Wildman–Crippen LogP) is 2.06. The van der Waals surface area contributed by atoms with Crippen molar-refractivity contribution in [1.82, 2.24) is 9.38 Å². The summed E-state index contributed by atoms with van der Waals surface area (Å²) in [7, 11) is 0. The van der Waals surface area contributed by atoms with E-state index in [9.17, 15) is 4.79 Å². The molecule has 0 atom stereocenters. The average molecular weight is 238 g/mol. The highest BCUT2D eigenvalue weighted by Gasteiger charge is 1.99. The van der Waals surface area contributed by atoms with Crippen LogP contribution in [-0.2, 0) is 4.79 Å². The number of hydrogen-bond donors (Lipinski definition) is 0. The number of rotatable bonds is 1. The fourth-order valence-corrected chi connectivity index (χ4v) is 1.44. The summed E-state index contributed by atoms with van der Waals surface area (Å²) in [6.45, 7) is 0. The lowest BCUT2D eigenvalue weighted by Gasteiger charge is -1.95. The van der Waals surface area contributed by atoms with Crippen LogP contribution in [0.2, 0.25) is 0 Å². The van der Waals surface area contributed by atoms with Gasteiger partial charge in [-0.2, -0.15) is 4.99 Å². The van der Waals surface area contributed by atoms with Crippen molar-refractivity contribution < 1.29 is 4.79 Å². The average Bonchev–Trinajstić information content (AvgIpc) is 2.49. The molecule has 0 saturated carbocycles. The molecule has 4 nitrogen and oxygen atoms in total.